The molecule has 0 fully saturated rings. The molecule has 0 N–H and O–H groups in total. The summed E-state index contributed by atoms with van der Waals surface area (Å²) in [5, 5.41) is 11.5. The molecule has 0 radical (unpaired) electrons. The fourth-order valence-electron chi connectivity index (χ4n) is 2.86. The van der Waals surface area contributed by atoms with Crippen LogP contribution in [-0.2, 0) is 0 Å². The minimum absolute atomic E-state index is 0.698. The third-order valence-electron chi connectivity index (χ3n) is 4.33. The lowest BCUT2D eigenvalue weighted by Gasteiger charge is -2.09. The van der Waals surface area contributed by atoms with Crippen molar-refractivity contribution >= 4 is 29.2 Å². The van der Waals surface area contributed by atoms with Crippen LogP contribution in [0.3, 0.4) is 0 Å². The second kappa shape index (κ2) is 8.90. The lowest BCUT2D eigenvalue weighted by atomic mass is 10.1. The Hall–Kier alpha value is -3.15. The Kier molecular flexibility index (Phi) is 5.89. The molecule has 1 aromatic heterocycles. The predicted octanol–water partition coefficient (Wildman–Crippen LogP) is 5.80. The molecule has 0 unspecified atom stereocenters. The molecule has 1 heterocycles. The smallest absolute Gasteiger partial charge is 0.215 e. The van der Waals surface area contributed by atoms with Gasteiger partial charge in [0, 0.05) is 16.1 Å². The third kappa shape index (κ3) is 4.47. The molecule has 0 saturated heterocycles. The summed E-state index contributed by atoms with van der Waals surface area (Å²) in [7, 11) is 1.67. The highest BCUT2D eigenvalue weighted by atomic mass is 35.5. The standard InChI is InChI=1S/C23H18ClN3OS/c1-28-21-13-9-18(10-14-21)22-16-29-23(27(22)20-5-3-2-4-6-20)26-25-15-17-7-11-19(24)12-8-17/h2-16H,1H3/b25-15+,26-23-. The highest BCUT2D eigenvalue weighted by Gasteiger charge is 2.10. The van der Waals surface area contributed by atoms with Crippen molar-refractivity contribution in [3.63, 3.8) is 0 Å². The van der Waals surface area contributed by atoms with Gasteiger partial charge in [-0.3, -0.25) is 4.57 Å². The number of para-hydroxylation sites is 1. The Morgan fingerprint density at radius 2 is 1.66 bits per heavy atom. The van der Waals surface area contributed by atoms with Crippen LogP contribution in [0.4, 0.5) is 0 Å². The number of nitrogens with zero attached hydrogens (tertiary/aromatic N) is 3. The second-order valence-corrected chi connectivity index (χ2v) is 7.47. The van der Waals surface area contributed by atoms with E-state index < -0.39 is 0 Å². The zero-order chi connectivity index (χ0) is 20.1. The molecule has 4 rings (SSSR count). The quantitative estimate of drug-likeness (QED) is 0.297. The molecular weight excluding hydrogens is 402 g/mol. The van der Waals surface area contributed by atoms with Gasteiger partial charge in [-0.25, -0.2) is 0 Å². The average molecular weight is 420 g/mol. The van der Waals surface area contributed by atoms with Crippen LogP contribution in [0.2, 0.25) is 5.02 Å². The Labute approximate surface area is 178 Å². The van der Waals surface area contributed by atoms with Crippen LogP contribution in [0.15, 0.2) is 94.4 Å². The van der Waals surface area contributed by atoms with Crippen LogP contribution < -0.4 is 9.54 Å². The molecule has 0 aliphatic heterocycles. The van der Waals surface area contributed by atoms with Gasteiger partial charge in [0.1, 0.15) is 5.75 Å². The molecule has 29 heavy (non-hydrogen) atoms. The van der Waals surface area contributed by atoms with E-state index in [1.165, 1.54) is 0 Å². The van der Waals surface area contributed by atoms with E-state index >= 15 is 0 Å². The van der Waals surface area contributed by atoms with E-state index in [1.54, 1.807) is 24.7 Å². The van der Waals surface area contributed by atoms with Crippen LogP contribution in [0.1, 0.15) is 5.56 Å². The minimum Gasteiger partial charge on any atom is -0.497 e. The van der Waals surface area contributed by atoms with Crippen molar-refractivity contribution in [3.8, 4) is 22.7 Å². The molecule has 4 nitrogen and oxygen atoms in total. The first-order valence-corrected chi connectivity index (χ1v) is 10.2. The summed E-state index contributed by atoms with van der Waals surface area (Å²) in [6, 6.07) is 25.6. The fourth-order valence-corrected chi connectivity index (χ4v) is 3.85. The highest BCUT2D eigenvalue weighted by Crippen LogP contribution is 2.25. The van der Waals surface area contributed by atoms with Crippen LogP contribution in [0, 0.1) is 0 Å². The van der Waals surface area contributed by atoms with Crippen molar-refractivity contribution in [2.24, 2.45) is 10.2 Å². The second-order valence-electron chi connectivity index (χ2n) is 6.20. The van der Waals surface area contributed by atoms with E-state index in [2.05, 4.69) is 32.3 Å². The van der Waals surface area contributed by atoms with Gasteiger partial charge in [0.25, 0.3) is 0 Å². The zero-order valence-corrected chi connectivity index (χ0v) is 17.3. The maximum Gasteiger partial charge on any atom is 0.215 e. The van der Waals surface area contributed by atoms with Gasteiger partial charge in [-0.1, -0.05) is 41.9 Å². The molecular formula is C23H18ClN3OS. The highest BCUT2D eigenvalue weighted by molar-refractivity contribution is 7.07. The monoisotopic (exact) mass is 419 g/mol. The molecule has 0 bridgehead atoms. The van der Waals surface area contributed by atoms with Gasteiger partial charge >= 0.3 is 0 Å². The van der Waals surface area contributed by atoms with Gasteiger partial charge < -0.3 is 4.74 Å². The Balaban J connectivity index is 1.77. The summed E-state index contributed by atoms with van der Waals surface area (Å²) in [4.78, 5) is 0.784. The molecule has 4 aromatic rings. The maximum absolute atomic E-state index is 5.93. The van der Waals surface area contributed by atoms with E-state index in [0.29, 0.717) is 5.02 Å². The molecule has 144 valence electrons. The number of hydrogen-bond donors (Lipinski definition) is 0. The summed E-state index contributed by atoms with van der Waals surface area (Å²) in [6.07, 6.45) is 1.72. The number of benzene rings is 3. The summed E-state index contributed by atoms with van der Waals surface area (Å²) in [6.45, 7) is 0. The van der Waals surface area contributed by atoms with E-state index in [9.17, 15) is 0 Å². The van der Waals surface area contributed by atoms with Crippen molar-refractivity contribution < 1.29 is 4.74 Å². The largest absolute Gasteiger partial charge is 0.497 e. The van der Waals surface area contributed by atoms with Crippen molar-refractivity contribution in [2.45, 2.75) is 0 Å². The van der Waals surface area contributed by atoms with Crippen LogP contribution >= 0.6 is 22.9 Å². The summed E-state index contributed by atoms with van der Waals surface area (Å²) < 4.78 is 7.38. The van der Waals surface area contributed by atoms with E-state index in [-0.39, 0.29) is 0 Å². The molecule has 6 heteroatoms. The number of halogens is 1. The van der Waals surface area contributed by atoms with Crippen LogP contribution in [-0.4, -0.2) is 17.9 Å². The topological polar surface area (TPSA) is 38.9 Å². The van der Waals surface area contributed by atoms with Gasteiger partial charge in [-0.15, -0.1) is 16.4 Å². The Morgan fingerprint density at radius 1 is 0.931 bits per heavy atom. The number of thiazole rings is 1. The summed E-state index contributed by atoms with van der Waals surface area (Å²) in [5.41, 5.74) is 4.09. The molecule has 0 aliphatic carbocycles. The zero-order valence-electron chi connectivity index (χ0n) is 15.7. The molecule has 0 aliphatic rings. The van der Waals surface area contributed by atoms with Crippen molar-refractivity contribution in [1.82, 2.24) is 4.57 Å². The van der Waals surface area contributed by atoms with Gasteiger partial charge in [0.15, 0.2) is 0 Å². The van der Waals surface area contributed by atoms with E-state index in [4.69, 9.17) is 16.3 Å². The maximum atomic E-state index is 5.93. The first-order chi connectivity index (χ1) is 14.2. The predicted molar refractivity (Wildman–Crippen MR) is 120 cm³/mol. The Morgan fingerprint density at radius 3 is 2.34 bits per heavy atom. The fraction of sp³-hybridized carbons (Fsp3) is 0.0435. The molecule has 0 amide bonds. The molecule has 0 atom stereocenters. The number of rotatable bonds is 5. The molecule has 0 saturated carbocycles. The minimum atomic E-state index is 0.698. The van der Waals surface area contributed by atoms with E-state index in [1.807, 2.05) is 66.7 Å². The summed E-state index contributed by atoms with van der Waals surface area (Å²) >= 11 is 7.48. The molecule has 0 spiro atoms. The number of hydrogen-bond acceptors (Lipinski definition) is 4. The van der Waals surface area contributed by atoms with Crippen LogP contribution in [0.25, 0.3) is 16.9 Å². The van der Waals surface area contributed by atoms with Gasteiger partial charge in [-0.2, -0.15) is 5.10 Å². The van der Waals surface area contributed by atoms with Crippen molar-refractivity contribution in [2.75, 3.05) is 7.11 Å². The number of ether oxygens (including phenoxy) is 1. The first-order valence-electron chi connectivity index (χ1n) is 8.97. The van der Waals surface area contributed by atoms with Gasteiger partial charge in [0.2, 0.25) is 4.80 Å². The lowest BCUT2D eigenvalue weighted by molar-refractivity contribution is 0.415. The van der Waals surface area contributed by atoms with Crippen molar-refractivity contribution in [1.29, 1.82) is 0 Å². The summed E-state index contributed by atoms with van der Waals surface area (Å²) in [5.74, 6) is 0.827. The normalized spacial score (nSPS) is 11.9. The first kappa shape index (κ1) is 19.2. The van der Waals surface area contributed by atoms with Crippen molar-refractivity contribution in [3.05, 3.63) is 99.6 Å². The average Bonchev–Trinajstić information content (AvgIpc) is 3.19. The van der Waals surface area contributed by atoms with E-state index in [0.717, 1.165) is 33.1 Å². The number of aromatic nitrogens is 1. The number of methoxy groups -OCH3 is 1. The SMILES string of the molecule is COc1ccc(-c2cs/c(=N\N=C\c3ccc(Cl)cc3)n2-c2ccccc2)cc1. The lowest BCUT2D eigenvalue weighted by Crippen LogP contribution is -2.13. The van der Waals surface area contributed by atoms with Crippen LogP contribution in [0.5, 0.6) is 5.75 Å². The van der Waals surface area contributed by atoms with Gasteiger partial charge in [-0.05, 0) is 59.7 Å². The molecule has 3 aromatic carbocycles. The third-order valence-corrected chi connectivity index (χ3v) is 5.40. The van der Waals surface area contributed by atoms with Gasteiger partial charge in [0.05, 0.1) is 19.0 Å². The Bertz CT molecular complexity index is 1180.